The number of thiophene rings is 1. The first kappa shape index (κ1) is 11.6. The first-order valence-corrected chi connectivity index (χ1v) is 7.35. The minimum atomic E-state index is 0.774. The second kappa shape index (κ2) is 5.46. The van der Waals surface area contributed by atoms with Gasteiger partial charge in [-0.3, -0.25) is 0 Å². The van der Waals surface area contributed by atoms with Gasteiger partial charge in [-0.15, -0.1) is 11.3 Å². The topological polar surface area (TPSA) is 12.0 Å². The van der Waals surface area contributed by atoms with Gasteiger partial charge in [0.1, 0.15) is 0 Å². The molecular formula is C12H18BrNS. The van der Waals surface area contributed by atoms with Crippen LogP contribution < -0.4 is 5.32 Å². The number of halogens is 1. The molecule has 84 valence electrons. The van der Waals surface area contributed by atoms with Crippen LogP contribution in [-0.4, -0.2) is 13.1 Å². The van der Waals surface area contributed by atoms with Gasteiger partial charge in [-0.1, -0.05) is 0 Å². The lowest BCUT2D eigenvalue weighted by molar-refractivity contribution is 0.301. The predicted molar refractivity (Wildman–Crippen MR) is 70.5 cm³/mol. The average Bonchev–Trinajstić information content (AvgIpc) is 2.65. The molecule has 0 radical (unpaired) electrons. The van der Waals surface area contributed by atoms with Crippen LogP contribution in [-0.2, 0) is 6.42 Å². The van der Waals surface area contributed by atoms with Crippen molar-refractivity contribution in [2.24, 2.45) is 5.92 Å². The molecule has 0 amide bonds. The number of rotatable bonds is 3. The van der Waals surface area contributed by atoms with E-state index >= 15 is 0 Å². The van der Waals surface area contributed by atoms with Gasteiger partial charge < -0.3 is 5.32 Å². The summed E-state index contributed by atoms with van der Waals surface area (Å²) in [5.74, 6) is 0.917. The van der Waals surface area contributed by atoms with Crippen molar-refractivity contribution in [1.82, 2.24) is 5.32 Å². The van der Waals surface area contributed by atoms with Crippen molar-refractivity contribution < 1.29 is 0 Å². The second-order valence-electron chi connectivity index (χ2n) is 4.44. The fourth-order valence-corrected chi connectivity index (χ4v) is 3.97. The Morgan fingerprint density at radius 3 is 2.67 bits per heavy atom. The van der Waals surface area contributed by atoms with E-state index in [9.17, 15) is 0 Å². The fourth-order valence-electron chi connectivity index (χ4n) is 2.40. The van der Waals surface area contributed by atoms with Crippen molar-refractivity contribution >= 4 is 27.3 Å². The molecule has 1 nitrogen and oxygen atoms in total. The van der Waals surface area contributed by atoms with Gasteiger partial charge >= 0.3 is 0 Å². The Balaban J connectivity index is 1.82. The summed E-state index contributed by atoms with van der Waals surface area (Å²) < 4.78 is 1.24. The van der Waals surface area contributed by atoms with E-state index in [1.165, 1.54) is 41.5 Å². The molecule has 0 bridgehead atoms. The summed E-state index contributed by atoms with van der Waals surface area (Å²) >= 11 is 5.41. The molecule has 2 rings (SSSR count). The van der Waals surface area contributed by atoms with Crippen molar-refractivity contribution in [2.75, 3.05) is 7.05 Å². The standard InChI is InChI=1S/C12H18BrNS/c1-14-11-4-2-9(3-5-11)6-12-7-10(13)8-15-12/h7-9,11,14H,2-6H2,1H3. The number of hydrogen-bond donors (Lipinski definition) is 1. The van der Waals surface area contributed by atoms with E-state index in [-0.39, 0.29) is 0 Å². The van der Waals surface area contributed by atoms with Gasteiger partial charge in [0.15, 0.2) is 0 Å². The molecule has 0 spiro atoms. The highest BCUT2D eigenvalue weighted by Crippen LogP contribution is 2.30. The van der Waals surface area contributed by atoms with Crippen LogP contribution in [0.25, 0.3) is 0 Å². The maximum Gasteiger partial charge on any atom is 0.0285 e. The van der Waals surface area contributed by atoms with Crippen LogP contribution in [0.15, 0.2) is 15.9 Å². The molecule has 0 saturated heterocycles. The maximum absolute atomic E-state index is 3.52. The average molecular weight is 288 g/mol. The molecular weight excluding hydrogens is 270 g/mol. The summed E-state index contributed by atoms with van der Waals surface area (Å²) in [6.07, 6.45) is 6.77. The Morgan fingerprint density at radius 2 is 2.13 bits per heavy atom. The predicted octanol–water partition coefficient (Wildman–Crippen LogP) is 3.83. The lowest BCUT2D eigenvalue weighted by atomic mass is 9.84. The SMILES string of the molecule is CNC1CCC(Cc2cc(Br)cs2)CC1. The Morgan fingerprint density at radius 1 is 1.40 bits per heavy atom. The smallest absolute Gasteiger partial charge is 0.0285 e. The minimum absolute atomic E-state index is 0.774. The van der Waals surface area contributed by atoms with Crippen LogP contribution in [0.1, 0.15) is 30.6 Å². The Labute approximate surface area is 104 Å². The third-order valence-corrected chi connectivity index (χ3v) is 5.09. The van der Waals surface area contributed by atoms with Gasteiger partial charge in [0.25, 0.3) is 0 Å². The summed E-state index contributed by atoms with van der Waals surface area (Å²) in [7, 11) is 2.08. The largest absolute Gasteiger partial charge is 0.317 e. The highest BCUT2D eigenvalue weighted by atomic mass is 79.9. The Kier molecular flexibility index (Phi) is 4.23. The Hall–Kier alpha value is 0.140. The summed E-state index contributed by atoms with van der Waals surface area (Å²) in [6.45, 7) is 0. The third-order valence-electron chi connectivity index (χ3n) is 3.37. The second-order valence-corrected chi connectivity index (χ2v) is 6.35. The van der Waals surface area contributed by atoms with Crippen molar-refractivity contribution in [1.29, 1.82) is 0 Å². The van der Waals surface area contributed by atoms with Crippen molar-refractivity contribution in [3.8, 4) is 0 Å². The van der Waals surface area contributed by atoms with E-state index in [1.54, 1.807) is 0 Å². The molecule has 3 heteroatoms. The number of nitrogens with one attached hydrogen (secondary N) is 1. The molecule has 0 aromatic carbocycles. The lowest BCUT2D eigenvalue weighted by Crippen LogP contribution is -2.30. The molecule has 1 saturated carbocycles. The molecule has 0 aliphatic heterocycles. The summed E-state index contributed by atoms with van der Waals surface area (Å²) in [5.41, 5.74) is 0. The van der Waals surface area contributed by atoms with Crippen molar-refractivity contribution in [3.05, 3.63) is 20.8 Å². The highest BCUT2D eigenvalue weighted by molar-refractivity contribution is 9.10. The van der Waals surface area contributed by atoms with Crippen molar-refractivity contribution in [2.45, 2.75) is 38.1 Å². The van der Waals surface area contributed by atoms with Crippen LogP contribution in [0.3, 0.4) is 0 Å². The summed E-state index contributed by atoms with van der Waals surface area (Å²) in [5, 5.41) is 5.58. The molecule has 15 heavy (non-hydrogen) atoms. The third kappa shape index (κ3) is 3.30. The molecule has 1 N–H and O–H groups in total. The molecule has 1 fully saturated rings. The van der Waals surface area contributed by atoms with Crippen LogP contribution in [0.5, 0.6) is 0 Å². The first-order valence-electron chi connectivity index (χ1n) is 5.68. The molecule has 0 unspecified atom stereocenters. The van der Waals surface area contributed by atoms with Crippen LogP contribution in [0.2, 0.25) is 0 Å². The highest BCUT2D eigenvalue weighted by Gasteiger charge is 2.20. The first-order chi connectivity index (χ1) is 7.28. The van der Waals surface area contributed by atoms with Gasteiger partial charge in [-0.25, -0.2) is 0 Å². The van der Waals surface area contributed by atoms with Gasteiger partial charge in [-0.2, -0.15) is 0 Å². The van der Waals surface area contributed by atoms with E-state index in [2.05, 4.69) is 39.7 Å². The van der Waals surface area contributed by atoms with Gasteiger partial charge in [0, 0.05) is 20.8 Å². The van der Waals surface area contributed by atoms with Gasteiger partial charge in [-0.05, 0) is 67.1 Å². The van der Waals surface area contributed by atoms with Gasteiger partial charge in [0.2, 0.25) is 0 Å². The molecule has 1 heterocycles. The number of hydrogen-bond acceptors (Lipinski definition) is 2. The zero-order chi connectivity index (χ0) is 10.7. The quantitative estimate of drug-likeness (QED) is 0.891. The molecule has 1 aromatic rings. The van der Waals surface area contributed by atoms with E-state index in [4.69, 9.17) is 0 Å². The monoisotopic (exact) mass is 287 g/mol. The van der Waals surface area contributed by atoms with Crippen LogP contribution in [0.4, 0.5) is 0 Å². The summed E-state index contributed by atoms with van der Waals surface area (Å²) in [4.78, 5) is 1.54. The van der Waals surface area contributed by atoms with Crippen LogP contribution >= 0.6 is 27.3 Å². The zero-order valence-corrected chi connectivity index (χ0v) is 11.5. The van der Waals surface area contributed by atoms with E-state index in [0.717, 1.165) is 12.0 Å². The molecule has 1 aliphatic carbocycles. The minimum Gasteiger partial charge on any atom is -0.317 e. The van der Waals surface area contributed by atoms with Gasteiger partial charge in [0.05, 0.1) is 0 Å². The van der Waals surface area contributed by atoms with E-state index in [1.807, 2.05) is 11.3 Å². The van der Waals surface area contributed by atoms with E-state index in [0.29, 0.717) is 0 Å². The Bertz CT molecular complexity index is 302. The van der Waals surface area contributed by atoms with Crippen LogP contribution in [0, 0.1) is 5.92 Å². The molecule has 1 aliphatic rings. The maximum atomic E-state index is 3.52. The summed E-state index contributed by atoms with van der Waals surface area (Å²) in [6, 6.07) is 3.05. The fraction of sp³-hybridized carbons (Fsp3) is 0.667. The molecule has 1 aromatic heterocycles. The molecule has 0 atom stereocenters. The normalized spacial score (nSPS) is 26.8. The van der Waals surface area contributed by atoms with E-state index < -0.39 is 0 Å². The zero-order valence-electron chi connectivity index (χ0n) is 9.13. The van der Waals surface area contributed by atoms with Crippen molar-refractivity contribution in [3.63, 3.8) is 0 Å². The lowest BCUT2D eigenvalue weighted by Gasteiger charge is -2.27.